The van der Waals surface area contributed by atoms with Crippen molar-refractivity contribution in [1.82, 2.24) is 0 Å². The standard InChI is InChI=1S/C10H10O3S2/c1-2-7-8-5-3-4-6-9(8)14-10(7)15(11,12)13/h3-6H,2H2,1H3,(H,11,12,13). The van der Waals surface area contributed by atoms with Crippen molar-refractivity contribution < 1.29 is 13.0 Å². The molecule has 2 rings (SSSR count). The van der Waals surface area contributed by atoms with Gasteiger partial charge < -0.3 is 0 Å². The van der Waals surface area contributed by atoms with Crippen molar-refractivity contribution in [3.05, 3.63) is 29.8 Å². The number of thiophene rings is 1. The number of hydrogen-bond donors (Lipinski definition) is 1. The molecule has 0 aliphatic carbocycles. The van der Waals surface area contributed by atoms with E-state index in [0.29, 0.717) is 12.0 Å². The summed E-state index contributed by atoms with van der Waals surface area (Å²) in [6.45, 7) is 1.88. The quantitative estimate of drug-likeness (QED) is 0.824. The molecule has 0 aliphatic rings. The summed E-state index contributed by atoms with van der Waals surface area (Å²) in [6, 6.07) is 7.45. The topological polar surface area (TPSA) is 54.4 Å². The van der Waals surface area contributed by atoms with Crippen molar-refractivity contribution in [1.29, 1.82) is 0 Å². The minimum absolute atomic E-state index is 0.0752. The van der Waals surface area contributed by atoms with Crippen LogP contribution in [0.25, 0.3) is 10.1 Å². The molecule has 0 saturated carbocycles. The Labute approximate surface area is 92.1 Å². The minimum atomic E-state index is -4.09. The summed E-state index contributed by atoms with van der Waals surface area (Å²) < 4.78 is 32.3. The SMILES string of the molecule is CCc1c(S(=O)(=O)O)sc2ccccc12. The third-order valence-electron chi connectivity index (χ3n) is 2.25. The summed E-state index contributed by atoms with van der Waals surface area (Å²) in [5.74, 6) is 0. The predicted octanol–water partition coefficient (Wildman–Crippen LogP) is 2.71. The summed E-state index contributed by atoms with van der Waals surface area (Å²) in [6.07, 6.45) is 0.596. The number of rotatable bonds is 2. The molecule has 0 amide bonds. The third-order valence-corrected chi connectivity index (χ3v) is 4.85. The van der Waals surface area contributed by atoms with Crippen molar-refractivity contribution in [2.24, 2.45) is 0 Å². The average molecular weight is 242 g/mol. The highest BCUT2D eigenvalue weighted by Gasteiger charge is 2.19. The lowest BCUT2D eigenvalue weighted by atomic mass is 10.1. The van der Waals surface area contributed by atoms with Crippen LogP contribution in [0.15, 0.2) is 28.5 Å². The molecule has 1 N–H and O–H groups in total. The second-order valence-electron chi connectivity index (χ2n) is 3.19. The molecule has 2 aromatic rings. The molecule has 0 bridgehead atoms. The molecule has 1 heterocycles. The number of fused-ring (bicyclic) bond motifs is 1. The van der Waals surface area contributed by atoms with Gasteiger partial charge in [-0.25, -0.2) is 0 Å². The lowest BCUT2D eigenvalue weighted by molar-refractivity contribution is 0.485. The number of aryl methyl sites for hydroxylation is 1. The molecule has 0 saturated heterocycles. The molecule has 0 unspecified atom stereocenters. The largest absolute Gasteiger partial charge is 0.304 e. The lowest BCUT2D eigenvalue weighted by Crippen LogP contribution is -1.98. The van der Waals surface area contributed by atoms with Crippen molar-refractivity contribution in [3.8, 4) is 0 Å². The first-order valence-corrected chi connectivity index (χ1v) is 6.77. The first kappa shape index (κ1) is 10.6. The number of benzene rings is 1. The first-order valence-electron chi connectivity index (χ1n) is 4.52. The third kappa shape index (κ3) is 1.78. The highest BCUT2D eigenvalue weighted by Crippen LogP contribution is 2.34. The zero-order chi connectivity index (χ0) is 11.1. The van der Waals surface area contributed by atoms with Crippen molar-refractivity contribution in [2.75, 3.05) is 0 Å². The van der Waals surface area contributed by atoms with E-state index in [1.807, 2.05) is 31.2 Å². The van der Waals surface area contributed by atoms with Crippen LogP contribution >= 0.6 is 11.3 Å². The minimum Gasteiger partial charge on any atom is -0.281 e. The van der Waals surface area contributed by atoms with Crippen LogP contribution in [0, 0.1) is 0 Å². The maximum atomic E-state index is 11.1. The van der Waals surface area contributed by atoms with Gasteiger partial charge in [0.05, 0.1) is 0 Å². The van der Waals surface area contributed by atoms with Gasteiger partial charge in [-0.2, -0.15) is 8.42 Å². The van der Waals surface area contributed by atoms with Gasteiger partial charge in [0.2, 0.25) is 0 Å². The van der Waals surface area contributed by atoms with Crippen LogP contribution in [0.2, 0.25) is 0 Å². The maximum absolute atomic E-state index is 11.1. The molecule has 1 aromatic heterocycles. The Bertz CT molecular complexity index is 596. The molecule has 15 heavy (non-hydrogen) atoms. The van der Waals surface area contributed by atoms with E-state index in [1.165, 1.54) is 0 Å². The van der Waals surface area contributed by atoms with Gasteiger partial charge in [0.15, 0.2) is 4.21 Å². The van der Waals surface area contributed by atoms with Crippen LogP contribution in [0.1, 0.15) is 12.5 Å². The summed E-state index contributed by atoms with van der Waals surface area (Å²) in [4.78, 5) is 0. The Morgan fingerprint density at radius 3 is 2.60 bits per heavy atom. The monoisotopic (exact) mass is 242 g/mol. The van der Waals surface area contributed by atoms with E-state index in [1.54, 1.807) is 0 Å². The summed E-state index contributed by atoms with van der Waals surface area (Å²) in [7, 11) is -4.09. The molecular formula is C10H10O3S2. The Hall–Kier alpha value is -0.910. The molecule has 0 radical (unpaired) electrons. The molecule has 5 heteroatoms. The fourth-order valence-electron chi connectivity index (χ4n) is 1.62. The van der Waals surface area contributed by atoms with Crippen molar-refractivity contribution in [3.63, 3.8) is 0 Å². The molecule has 1 aromatic carbocycles. The van der Waals surface area contributed by atoms with Crippen LogP contribution in [-0.4, -0.2) is 13.0 Å². The van der Waals surface area contributed by atoms with Crippen molar-refractivity contribution >= 4 is 31.5 Å². The van der Waals surface area contributed by atoms with E-state index < -0.39 is 10.1 Å². The van der Waals surface area contributed by atoms with Gasteiger partial charge in [-0.05, 0) is 23.4 Å². The van der Waals surface area contributed by atoms with Crippen LogP contribution in [-0.2, 0) is 16.5 Å². The lowest BCUT2D eigenvalue weighted by Gasteiger charge is -1.97. The van der Waals surface area contributed by atoms with Crippen molar-refractivity contribution in [2.45, 2.75) is 17.6 Å². The highest BCUT2D eigenvalue weighted by atomic mass is 32.3. The fraction of sp³-hybridized carbons (Fsp3) is 0.200. The zero-order valence-corrected chi connectivity index (χ0v) is 9.73. The summed E-state index contributed by atoms with van der Waals surface area (Å²) >= 11 is 1.12. The van der Waals surface area contributed by atoms with Gasteiger partial charge in [0, 0.05) is 4.70 Å². The Kier molecular flexibility index (Phi) is 2.54. The fourth-order valence-corrected chi connectivity index (χ4v) is 3.90. The number of hydrogen-bond acceptors (Lipinski definition) is 3. The van der Waals surface area contributed by atoms with E-state index in [-0.39, 0.29) is 4.21 Å². The Morgan fingerprint density at radius 1 is 1.33 bits per heavy atom. The van der Waals surface area contributed by atoms with E-state index >= 15 is 0 Å². The second-order valence-corrected chi connectivity index (χ2v) is 5.86. The molecule has 0 aliphatic heterocycles. The zero-order valence-electron chi connectivity index (χ0n) is 8.10. The molecule has 80 valence electrons. The highest BCUT2D eigenvalue weighted by molar-refractivity contribution is 7.88. The van der Waals surface area contributed by atoms with Crippen LogP contribution < -0.4 is 0 Å². The second kappa shape index (κ2) is 3.59. The molecular weight excluding hydrogens is 232 g/mol. The first-order chi connectivity index (χ1) is 7.04. The van der Waals surface area contributed by atoms with Gasteiger partial charge in [0.1, 0.15) is 0 Å². The smallest absolute Gasteiger partial charge is 0.281 e. The summed E-state index contributed by atoms with van der Waals surface area (Å²) in [5, 5.41) is 0.914. The van der Waals surface area contributed by atoms with Gasteiger partial charge in [-0.1, -0.05) is 25.1 Å². The van der Waals surface area contributed by atoms with Gasteiger partial charge >= 0.3 is 10.1 Å². The van der Waals surface area contributed by atoms with E-state index in [2.05, 4.69) is 0 Å². The maximum Gasteiger partial charge on any atom is 0.304 e. The molecule has 0 fully saturated rings. The molecule has 0 spiro atoms. The Morgan fingerprint density at radius 2 is 2.00 bits per heavy atom. The van der Waals surface area contributed by atoms with Gasteiger partial charge in [-0.15, -0.1) is 11.3 Å². The van der Waals surface area contributed by atoms with Gasteiger partial charge in [0.25, 0.3) is 0 Å². The van der Waals surface area contributed by atoms with E-state index in [4.69, 9.17) is 4.55 Å². The van der Waals surface area contributed by atoms with Crippen LogP contribution in [0.5, 0.6) is 0 Å². The Balaban J connectivity index is 2.87. The van der Waals surface area contributed by atoms with Crippen LogP contribution in [0.4, 0.5) is 0 Å². The van der Waals surface area contributed by atoms with Crippen LogP contribution in [0.3, 0.4) is 0 Å². The molecule has 3 nitrogen and oxygen atoms in total. The normalized spacial score (nSPS) is 12.1. The van der Waals surface area contributed by atoms with E-state index in [9.17, 15) is 8.42 Å². The van der Waals surface area contributed by atoms with E-state index in [0.717, 1.165) is 21.4 Å². The molecule has 0 atom stereocenters. The van der Waals surface area contributed by atoms with Gasteiger partial charge in [-0.3, -0.25) is 4.55 Å². The summed E-state index contributed by atoms with van der Waals surface area (Å²) in [5.41, 5.74) is 0.707. The predicted molar refractivity (Wildman–Crippen MR) is 61.0 cm³/mol. The average Bonchev–Trinajstić information content (AvgIpc) is 2.55.